The molecule has 0 saturated carbocycles. The number of nitrogens with zero attached hydrogens (tertiary/aromatic N) is 2. The van der Waals surface area contributed by atoms with Gasteiger partial charge in [0.25, 0.3) is 0 Å². The first kappa shape index (κ1) is 20.1. The Balaban J connectivity index is 1.92. The molecule has 2 aromatic carbocycles. The predicted molar refractivity (Wildman–Crippen MR) is 114 cm³/mol. The molecule has 0 unspecified atom stereocenters. The fourth-order valence-electron chi connectivity index (χ4n) is 3.03. The molecular weight excluding hydrogens is 398 g/mol. The van der Waals surface area contributed by atoms with E-state index >= 15 is 0 Å². The molecule has 0 radical (unpaired) electrons. The first-order chi connectivity index (χ1) is 13.2. The summed E-state index contributed by atoms with van der Waals surface area (Å²) in [5, 5.41) is 11.6. The number of hydrogen-bond donors (Lipinski definition) is 3. The minimum atomic E-state index is -3.85. The van der Waals surface area contributed by atoms with E-state index in [9.17, 15) is 8.42 Å². The molecule has 10 heteroatoms. The van der Waals surface area contributed by atoms with Gasteiger partial charge in [-0.05, 0) is 56.4 Å². The highest BCUT2D eigenvalue weighted by Gasteiger charge is 2.15. The number of anilines is 2. The van der Waals surface area contributed by atoms with Gasteiger partial charge >= 0.3 is 0 Å². The number of hydrogen-bond acceptors (Lipinski definition) is 5. The van der Waals surface area contributed by atoms with Crippen LogP contribution in [-0.2, 0) is 16.6 Å². The number of aryl methyl sites for hydroxylation is 2. The first-order valence-electron chi connectivity index (χ1n) is 8.49. The number of aromatic nitrogens is 2. The standard InChI is InChI=1S/C18H21N5O3S2/c1-4-23-11(2)20-13-6-5-7-14(17(13)23)21-18(27)22-15-10-12(28(19,24)25)8-9-16(15)26-3/h5-10H,4H2,1-3H3,(H2,19,24,25)(H2,21,22,27). The fourth-order valence-corrected chi connectivity index (χ4v) is 3.79. The van der Waals surface area contributed by atoms with E-state index in [1.807, 2.05) is 32.0 Å². The van der Waals surface area contributed by atoms with Crippen molar-refractivity contribution < 1.29 is 13.2 Å². The maximum atomic E-state index is 11.6. The van der Waals surface area contributed by atoms with Crippen molar-refractivity contribution in [2.24, 2.45) is 5.14 Å². The number of imidazole rings is 1. The van der Waals surface area contributed by atoms with Crippen LogP contribution in [0.2, 0.25) is 0 Å². The zero-order valence-corrected chi connectivity index (χ0v) is 17.3. The lowest BCUT2D eigenvalue weighted by Crippen LogP contribution is -2.21. The summed E-state index contributed by atoms with van der Waals surface area (Å²) in [6, 6.07) is 10.0. The highest BCUT2D eigenvalue weighted by atomic mass is 32.2. The van der Waals surface area contributed by atoms with Crippen molar-refractivity contribution in [1.29, 1.82) is 0 Å². The molecule has 0 spiro atoms. The number of methoxy groups -OCH3 is 1. The van der Waals surface area contributed by atoms with E-state index in [1.165, 1.54) is 25.3 Å². The molecule has 148 valence electrons. The third-order valence-corrected chi connectivity index (χ3v) is 5.38. The molecule has 0 fully saturated rings. The van der Waals surface area contributed by atoms with E-state index in [2.05, 4.69) is 20.2 Å². The largest absolute Gasteiger partial charge is 0.495 e. The summed E-state index contributed by atoms with van der Waals surface area (Å²) in [5.74, 6) is 1.34. The number of benzene rings is 2. The Kier molecular flexibility index (Phi) is 5.54. The number of ether oxygens (including phenoxy) is 1. The van der Waals surface area contributed by atoms with Crippen LogP contribution in [0.15, 0.2) is 41.3 Å². The first-order valence-corrected chi connectivity index (χ1v) is 10.4. The van der Waals surface area contributed by atoms with Crippen molar-refractivity contribution in [3.63, 3.8) is 0 Å². The van der Waals surface area contributed by atoms with Gasteiger partial charge in [0.15, 0.2) is 5.11 Å². The van der Waals surface area contributed by atoms with Crippen molar-refractivity contribution in [1.82, 2.24) is 9.55 Å². The Morgan fingerprint density at radius 3 is 2.61 bits per heavy atom. The number of para-hydroxylation sites is 1. The third kappa shape index (κ3) is 3.93. The van der Waals surface area contributed by atoms with Crippen LogP contribution in [0.5, 0.6) is 5.75 Å². The van der Waals surface area contributed by atoms with E-state index in [0.29, 0.717) is 11.4 Å². The van der Waals surface area contributed by atoms with Gasteiger partial charge in [-0.3, -0.25) is 0 Å². The highest BCUT2D eigenvalue weighted by Crippen LogP contribution is 2.28. The lowest BCUT2D eigenvalue weighted by Gasteiger charge is -2.15. The SMILES string of the molecule is CCn1c(C)nc2cccc(NC(=S)Nc3cc(S(N)(=O)=O)ccc3OC)c21. The van der Waals surface area contributed by atoms with Crippen LogP contribution in [0.1, 0.15) is 12.7 Å². The second-order valence-corrected chi connectivity index (χ2v) is 8.03. The summed E-state index contributed by atoms with van der Waals surface area (Å²) in [6.45, 7) is 4.77. The number of nitrogens with two attached hydrogens (primary N) is 1. The van der Waals surface area contributed by atoms with Gasteiger partial charge in [0.2, 0.25) is 10.0 Å². The third-order valence-electron chi connectivity index (χ3n) is 4.27. The molecular formula is C18H21N5O3S2. The van der Waals surface area contributed by atoms with Gasteiger partial charge in [-0.15, -0.1) is 0 Å². The van der Waals surface area contributed by atoms with E-state index < -0.39 is 10.0 Å². The van der Waals surface area contributed by atoms with E-state index in [4.69, 9.17) is 22.1 Å². The quantitative estimate of drug-likeness (QED) is 0.545. The predicted octanol–water partition coefficient (Wildman–Crippen LogP) is 2.83. The molecule has 1 aromatic heterocycles. The molecule has 0 atom stereocenters. The van der Waals surface area contributed by atoms with Gasteiger partial charge in [-0.2, -0.15) is 0 Å². The van der Waals surface area contributed by atoms with Crippen LogP contribution in [0, 0.1) is 6.92 Å². The highest BCUT2D eigenvalue weighted by molar-refractivity contribution is 7.89. The second kappa shape index (κ2) is 7.74. The van der Waals surface area contributed by atoms with E-state index in [1.54, 1.807) is 0 Å². The maximum absolute atomic E-state index is 11.6. The molecule has 4 N–H and O–H groups in total. The van der Waals surface area contributed by atoms with Gasteiger partial charge < -0.3 is 19.9 Å². The summed E-state index contributed by atoms with van der Waals surface area (Å²) in [5.41, 5.74) is 2.98. The molecule has 8 nitrogen and oxygen atoms in total. The molecule has 0 aliphatic carbocycles. The topological polar surface area (TPSA) is 111 Å². The minimum Gasteiger partial charge on any atom is -0.495 e. The minimum absolute atomic E-state index is 0.0413. The smallest absolute Gasteiger partial charge is 0.238 e. The molecule has 0 bridgehead atoms. The molecule has 0 amide bonds. The second-order valence-electron chi connectivity index (χ2n) is 6.06. The van der Waals surface area contributed by atoms with Crippen molar-refractivity contribution in [2.45, 2.75) is 25.3 Å². The summed E-state index contributed by atoms with van der Waals surface area (Å²) in [4.78, 5) is 4.52. The molecule has 3 aromatic rings. The van der Waals surface area contributed by atoms with Crippen molar-refractivity contribution in [3.05, 3.63) is 42.2 Å². The van der Waals surface area contributed by atoms with Crippen LogP contribution >= 0.6 is 12.2 Å². The zero-order chi connectivity index (χ0) is 20.5. The Morgan fingerprint density at radius 2 is 1.96 bits per heavy atom. The fraction of sp³-hybridized carbons (Fsp3) is 0.222. The Bertz CT molecular complexity index is 1160. The number of nitrogens with one attached hydrogen (secondary N) is 2. The molecule has 0 saturated heterocycles. The van der Waals surface area contributed by atoms with E-state index in [0.717, 1.165) is 29.1 Å². The van der Waals surface area contributed by atoms with Crippen molar-refractivity contribution in [2.75, 3.05) is 17.7 Å². The molecule has 28 heavy (non-hydrogen) atoms. The zero-order valence-electron chi connectivity index (χ0n) is 15.7. The van der Waals surface area contributed by atoms with Crippen molar-refractivity contribution in [3.8, 4) is 5.75 Å². The average Bonchev–Trinajstić information content (AvgIpc) is 2.96. The number of sulfonamides is 1. The van der Waals surface area contributed by atoms with Gasteiger partial charge in [0.05, 0.1) is 34.4 Å². The van der Waals surface area contributed by atoms with Crippen LogP contribution in [-0.4, -0.2) is 30.2 Å². The normalized spacial score (nSPS) is 11.4. The summed E-state index contributed by atoms with van der Waals surface area (Å²) >= 11 is 5.42. The molecule has 1 heterocycles. The van der Waals surface area contributed by atoms with Crippen LogP contribution in [0.4, 0.5) is 11.4 Å². The lowest BCUT2D eigenvalue weighted by molar-refractivity contribution is 0.416. The number of primary sulfonamides is 1. The van der Waals surface area contributed by atoms with Gasteiger partial charge in [0.1, 0.15) is 11.6 Å². The van der Waals surface area contributed by atoms with E-state index in [-0.39, 0.29) is 10.0 Å². The average molecular weight is 420 g/mol. The van der Waals surface area contributed by atoms with Gasteiger partial charge in [0, 0.05) is 6.54 Å². The molecule has 0 aliphatic rings. The summed E-state index contributed by atoms with van der Waals surface area (Å²) < 4.78 is 30.6. The Morgan fingerprint density at radius 1 is 1.25 bits per heavy atom. The summed E-state index contributed by atoms with van der Waals surface area (Å²) in [6.07, 6.45) is 0. The molecule has 0 aliphatic heterocycles. The number of fused-ring (bicyclic) bond motifs is 1. The molecule has 3 rings (SSSR count). The number of thiocarbonyl (C=S) groups is 1. The van der Waals surface area contributed by atoms with Crippen LogP contribution in [0.3, 0.4) is 0 Å². The summed E-state index contributed by atoms with van der Waals surface area (Å²) in [7, 11) is -2.37. The van der Waals surface area contributed by atoms with Crippen LogP contribution < -0.4 is 20.5 Å². The monoisotopic (exact) mass is 419 g/mol. The van der Waals surface area contributed by atoms with Crippen LogP contribution in [0.25, 0.3) is 11.0 Å². The lowest BCUT2D eigenvalue weighted by atomic mass is 10.2. The van der Waals surface area contributed by atoms with Gasteiger partial charge in [-0.1, -0.05) is 6.07 Å². The number of rotatable bonds is 5. The Hall–Kier alpha value is -2.69. The Labute approximate surface area is 168 Å². The van der Waals surface area contributed by atoms with Crippen molar-refractivity contribution >= 4 is 49.8 Å². The van der Waals surface area contributed by atoms with Gasteiger partial charge in [-0.25, -0.2) is 18.5 Å². The maximum Gasteiger partial charge on any atom is 0.238 e.